The molecule has 2 rings (SSSR count). The average molecular weight is 453 g/mol. The summed E-state index contributed by atoms with van der Waals surface area (Å²) in [6.07, 6.45) is 1.81. The number of halogens is 1. The Hall–Kier alpha value is -0.380. The van der Waals surface area contributed by atoms with Gasteiger partial charge in [-0.25, -0.2) is 0 Å². The van der Waals surface area contributed by atoms with E-state index in [1.54, 1.807) is 18.4 Å². The molecule has 23 heavy (non-hydrogen) atoms. The SMILES string of the molecule is CCNC(=NCC1(OC)CCOCC1)N(C)Cc1ccsc1.I. The fraction of sp³-hybridized carbons (Fsp3) is 0.688. The normalized spacial score (nSPS) is 17.4. The van der Waals surface area contributed by atoms with Crippen LogP contribution in [0.4, 0.5) is 0 Å². The molecule has 1 N–H and O–H groups in total. The lowest BCUT2D eigenvalue weighted by Crippen LogP contribution is -2.44. The molecule has 0 aliphatic carbocycles. The highest BCUT2D eigenvalue weighted by molar-refractivity contribution is 14.0. The molecular weight excluding hydrogens is 425 g/mol. The second-order valence-electron chi connectivity index (χ2n) is 5.66. The van der Waals surface area contributed by atoms with Crippen LogP contribution in [0.2, 0.25) is 0 Å². The van der Waals surface area contributed by atoms with Crippen molar-refractivity contribution in [3.05, 3.63) is 22.4 Å². The predicted octanol–water partition coefficient (Wildman–Crippen LogP) is 2.96. The lowest BCUT2D eigenvalue weighted by Gasteiger charge is -2.35. The number of ether oxygens (including phenoxy) is 2. The van der Waals surface area contributed by atoms with Crippen LogP contribution in [0.1, 0.15) is 25.3 Å². The van der Waals surface area contributed by atoms with E-state index in [2.05, 4.69) is 41.0 Å². The fourth-order valence-corrected chi connectivity index (χ4v) is 3.25. The predicted molar refractivity (Wildman–Crippen MR) is 107 cm³/mol. The van der Waals surface area contributed by atoms with Gasteiger partial charge in [0, 0.05) is 53.3 Å². The van der Waals surface area contributed by atoms with Crippen molar-refractivity contribution in [2.75, 3.05) is 40.5 Å². The maximum Gasteiger partial charge on any atom is 0.194 e. The molecule has 1 aromatic heterocycles. The number of nitrogens with one attached hydrogen (secondary N) is 1. The molecule has 7 heteroatoms. The third-order valence-electron chi connectivity index (χ3n) is 4.05. The number of hydrogen-bond acceptors (Lipinski definition) is 4. The van der Waals surface area contributed by atoms with Crippen LogP contribution in [0, 0.1) is 0 Å². The van der Waals surface area contributed by atoms with E-state index in [0.29, 0.717) is 6.54 Å². The van der Waals surface area contributed by atoms with Crippen LogP contribution in [0.25, 0.3) is 0 Å². The lowest BCUT2D eigenvalue weighted by atomic mass is 9.94. The van der Waals surface area contributed by atoms with E-state index in [0.717, 1.165) is 45.1 Å². The monoisotopic (exact) mass is 453 g/mol. The van der Waals surface area contributed by atoms with Gasteiger partial charge in [-0.15, -0.1) is 24.0 Å². The number of guanidine groups is 1. The highest BCUT2D eigenvalue weighted by Crippen LogP contribution is 2.24. The molecule has 0 spiro atoms. The van der Waals surface area contributed by atoms with Gasteiger partial charge in [0.25, 0.3) is 0 Å². The van der Waals surface area contributed by atoms with Gasteiger partial charge < -0.3 is 19.7 Å². The van der Waals surface area contributed by atoms with Gasteiger partial charge in [-0.05, 0) is 29.3 Å². The van der Waals surface area contributed by atoms with E-state index in [4.69, 9.17) is 14.5 Å². The Bertz CT molecular complexity index is 462. The molecule has 2 heterocycles. The number of thiophene rings is 1. The minimum absolute atomic E-state index is 0. The summed E-state index contributed by atoms with van der Waals surface area (Å²) in [7, 11) is 3.85. The lowest BCUT2D eigenvalue weighted by molar-refractivity contribution is -0.0829. The van der Waals surface area contributed by atoms with E-state index in [1.807, 2.05) is 0 Å². The summed E-state index contributed by atoms with van der Waals surface area (Å²) in [6, 6.07) is 2.15. The molecule has 0 radical (unpaired) electrons. The summed E-state index contributed by atoms with van der Waals surface area (Å²) in [6.45, 7) is 5.99. The summed E-state index contributed by atoms with van der Waals surface area (Å²) >= 11 is 1.72. The van der Waals surface area contributed by atoms with Gasteiger partial charge in [0.15, 0.2) is 5.96 Å². The van der Waals surface area contributed by atoms with Crippen molar-refractivity contribution < 1.29 is 9.47 Å². The van der Waals surface area contributed by atoms with Crippen molar-refractivity contribution in [2.45, 2.75) is 31.9 Å². The number of aliphatic imine (C=N–C) groups is 1. The topological polar surface area (TPSA) is 46.1 Å². The number of nitrogens with zero attached hydrogens (tertiary/aromatic N) is 2. The van der Waals surface area contributed by atoms with Gasteiger partial charge in [0.05, 0.1) is 12.1 Å². The van der Waals surface area contributed by atoms with E-state index in [1.165, 1.54) is 5.56 Å². The van der Waals surface area contributed by atoms with Crippen molar-refractivity contribution in [3.63, 3.8) is 0 Å². The minimum atomic E-state index is -0.178. The molecule has 132 valence electrons. The Morgan fingerprint density at radius 3 is 2.78 bits per heavy atom. The van der Waals surface area contributed by atoms with Crippen LogP contribution in [0.3, 0.4) is 0 Å². The zero-order valence-corrected chi connectivity index (χ0v) is 17.4. The molecule has 0 unspecified atom stereocenters. The maximum atomic E-state index is 5.76. The van der Waals surface area contributed by atoms with Crippen molar-refractivity contribution >= 4 is 41.3 Å². The summed E-state index contributed by atoms with van der Waals surface area (Å²) in [5, 5.41) is 7.65. The first-order valence-corrected chi connectivity index (χ1v) is 8.77. The van der Waals surface area contributed by atoms with Crippen LogP contribution >= 0.6 is 35.3 Å². The van der Waals surface area contributed by atoms with E-state index < -0.39 is 0 Å². The number of methoxy groups -OCH3 is 1. The molecule has 1 aromatic rings. The molecule has 1 aliphatic heterocycles. The quantitative estimate of drug-likeness (QED) is 0.409. The highest BCUT2D eigenvalue weighted by atomic mass is 127. The standard InChI is InChI=1S/C16H27N3O2S.HI/c1-4-17-15(19(2)11-14-5-10-22-12-14)18-13-16(20-3)6-8-21-9-7-16;/h5,10,12H,4,6-9,11,13H2,1-3H3,(H,17,18);1H. The summed E-state index contributed by atoms with van der Waals surface area (Å²) in [4.78, 5) is 6.98. The third kappa shape index (κ3) is 6.21. The molecular formula is C16H28IN3O2S. The van der Waals surface area contributed by atoms with E-state index in [9.17, 15) is 0 Å². The summed E-state index contributed by atoms with van der Waals surface area (Å²) in [5.74, 6) is 0.927. The molecule has 0 atom stereocenters. The Morgan fingerprint density at radius 2 is 2.22 bits per heavy atom. The largest absolute Gasteiger partial charge is 0.381 e. The number of rotatable bonds is 6. The van der Waals surface area contributed by atoms with E-state index >= 15 is 0 Å². The fourth-order valence-electron chi connectivity index (χ4n) is 2.59. The van der Waals surface area contributed by atoms with Crippen molar-refractivity contribution in [3.8, 4) is 0 Å². The molecule has 1 fully saturated rings. The Balaban J connectivity index is 0.00000264. The highest BCUT2D eigenvalue weighted by Gasteiger charge is 2.32. The average Bonchev–Trinajstić information content (AvgIpc) is 3.05. The van der Waals surface area contributed by atoms with Crippen molar-refractivity contribution in [1.82, 2.24) is 10.2 Å². The van der Waals surface area contributed by atoms with Crippen molar-refractivity contribution in [1.29, 1.82) is 0 Å². The van der Waals surface area contributed by atoms with Crippen LogP contribution in [0.15, 0.2) is 21.8 Å². The molecule has 1 saturated heterocycles. The van der Waals surface area contributed by atoms with Gasteiger partial charge in [-0.1, -0.05) is 0 Å². The van der Waals surface area contributed by atoms with Crippen LogP contribution in [0.5, 0.6) is 0 Å². The third-order valence-corrected chi connectivity index (χ3v) is 4.78. The summed E-state index contributed by atoms with van der Waals surface area (Å²) < 4.78 is 11.2. The van der Waals surface area contributed by atoms with Gasteiger partial charge in [-0.2, -0.15) is 11.3 Å². The molecule has 0 bridgehead atoms. The first kappa shape index (κ1) is 20.7. The minimum Gasteiger partial charge on any atom is -0.381 e. The van der Waals surface area contributed by atoms with Crippen LogP contribution in [-0.4, -0.2) is 56.9 Å². The first-order valence-electron chi connectivity index (χ1n) is 7.82. The second-order valence-corrected chi connectivity index (χ2v) is 6.44. The Labute approximate surface area is 160 Å². The molecule has 1 aliphatic rings. The van der Waals surface area contributed by atoms with Gasteiger partial charge in [0.2, 0.25) is 0 Å². The van der Waals surface area contributed by atoms with Gasteiger partial charge in [-0.3, -0.25) is 4.99 Å². The zero-order valence-electron chi connectivity index (χ0n) is 14.2. The zero-order chi connectivity index (χ0) is 15.8. The first-order chi connectivity index (χ1) is 10.7. The number of hydrogen-bond donors (Lipinski definition) is 1. The summed E-state index contributed by atoms with van der Waals surface area (Å²) in [5.41, 5.74) is 1.13. The van der Waals surface area contributed by atoms with Crippen molar-refractivity contribution in [2.24, 2.45) is 4.99 Å². The van der Waals surface area contributed by atoms with Crippen LogP contribution in [-0.2, 0) is 16.0 Å². The molecule has 0 aromatic carbocycles. The smallest absolute Gasteiger partial charge is 0.194 e. The molecule has 0 amide bonds. The Morgan fingerprint density at radius 1 is 1.48 bits per heavy atom. The van der Waals surface area contributed by atoms with Gasteiger partial charge >= 0.3 is 0 Å². The van der Waals surface area contributed by atoms with Crippen LogP contribution < -0.4 is 5.32 Å². The van der Waals surface area contributed by atoms with Gasteiger partial charge in [0.1, 0.15) is 0 Å². The maximum absolute atomic E-state index is 5.76. The Kier molecular flexibility index (Phi) is 9.41. The second kappa shape index (κ2) is 10.5. The van der Waals surface area contributed by atoms with E-state index in [-0.39, 0.29) is 29.6 Å². The molecule has 0 saturated carbocycles. The molecule has 5 nitrogen and oxygen atoms in total.